The number of benzene rings is 1. The molecule has 2 saturated heterocycles. The van der Waals surface area contributed by atoms with Crippen molar-refractivity contribution in [3.05, 3.63) is 34.9 Å². The topological polar surface area (TPSA) is 38.8 Å². The van der Waals surface area contributed by atoms with E-state index in [1.54, 1.807) is 0 Å². The first-order valence-corrected chi connectivity index (χ1v) is 10.1. The van der Waals surface area contributed by atoms with Crippen molar-refractivity contribution in [1.29, 1.82) is 0 Å². The molecule has 2 aliphatic heterocycles. The van der Waals surface area contributed by atoms with Crippen molar-refractivity contribution in [2.24, 2.45) is 11.3 Å². The van der Waals surface area contributed by atoms with Crippen molar-refractivity contribution < 1.29 is 14.3 Å². The maximum atomic E-state index is 13.0. The van der Waals surface area contributed by atoms with Gasteiger partial charge in [0.1, 0.15) is 0 Å². The van der Waals surface area contributed by atoms with Gasteiger partial charge in [-0.05, 0) is 42.2 Å². The minimum absolute atomic E-state index is 0.0897. The molecule has 0 radical (unpaired) electrons. The predicted octanol–water partition coefficient (Wildman–Crippen LogP) is 3.95. The van der Waals surface area contributed by atoms with Crippen LogP contribution in [0.25, 0.3) is 0 Å². The number of nitrogens with zero attached hydrogens (tertiary/aromatic N) is 1. The minimum Gasteiger partial charge on any atom is -0.378 e. The van der Waals surface area contributed by atoms with Crippen LogP contribution < -0.4 is 0 Å². The highest BCUT2D eigenvalue weighted by Crippen LogP contribution is 2.43. The van der Waals surface area contributed by atoms with Gasteiger partial charge < -0.3 is 14.4 Å². The molecule has 3 rings (SSSR count). The summed E-state index contributed by atoms with van der Waals surface area (Å²) in [6, 6.07) is 8.01. The summed E-state index contributed by atoms with van der Waals surface area (Å²) in [6.45, 7) is 7.78. The third kappa shape index (κ3) is 4.79. The van der Waals surface area contributed by atoms with Crippen LogP contribution in [-0.4, -0.2) is 49.8 Å². The van der Waals surface area contributed by atoms with Crippen LogP contribution in [0.2, 0.25) is 5.02 Å². The van der Waals surface area contributed by atoms with Crippen molar-refractivity contribution in [2.45, 2.75) is 45.6 Å². The molecule has 26 heavy (non-hydrogen) atoms. The number of halogens is 1. The first kappa shape index (κ1) is 19.7. The van der Waals surface area contributed by atoms with Gasteiger partial charge in [-0.15, -0.1) is 0 Å². The van der Waals surface area contributed by atoms with Crippen LogP contribution in [0, 0.1) is 11.3 Å². The summed E-state index contributed by atoms with van der Waals surface area (Å²) >= 11 is 6.45. The molecule has 0 N–H and O–H groups in total. The van der Waals surface area contributed by atoms with Gasteiger partial charge in [0, 0.05) is 31.1 Å². The van der Waals surface area contributed by atoms with E-state index in [9.17, 15) is 4.79 Å². The highest BCUT2D eigenvalue weighted by atomic mass is 35.5. The predicted molar refractivity (Wildman–Crippen MR) is 103 cm³/mol. The smallest absolute Gasteiger partial charge is 0.223 e. The highest BCUT2D eigenvalue weighted by Gasteiger charge is 2.41. The quantitative estimate of drug-likeness (QED) is 0.777. The number of amides is 1. The largest absolute Gasteiger partial charge is 0.378 e. The molecule has 1 aromatic carbocycles. The minimum atomic E-state index is -0.0897. The molecule has 0 aliphatic carbocycles. The van der Waals surface area contributed by atoms with E-state index < -0.39 is 0 Å². The molecule has 2 heterocycles. The van der Waals surface area contributed by atoms with Crippen molar-refractivity contribution in [3.63, 3.8) is 0 Å². The van der Waals surface area contributed by atoms with E-state index in [-0.39, 0.29) is 17.4 Å². The zero-order chi connectivity index (χ0) is 18.6. The number of ether oxygens (including phenoxy) is 2. The molecule has 5 heteroatoms. The second-order valence-electron chi connectivity index (χ2n) is 8.05. The second kappa shape index (κ2) is 8.73. The van der Waals surface area contributed by atoms with Crippen molar-refractivity contribution in [1.82, 2.24) is 4.90 Å². The Morgan fingerprint density at radius 1 is 1.27 bits per heavy atom. The normalized spacial score (nSPS) is 26.9. The maximum Gasteiger partial charge on any atom is 0.223 e. The molecule has 2 aliphatic rings. The fourth-order valence-electron chi connectivity index (χ4n) is 4.12. The standard InChI is InChI=1S/C21H30ClNO3/c1-16(2)19-14-21(7-10-26-19,13-17-5-3-4-6-18(17)22)15-20(24)23-8-11-25-12-9-23/h3-6,16,19H,7-15H2,1-2H3/t19-,21+/m0/s1. The molecule has 0 aromatic heterocycles. The van der Waals surface area contributed by atoms with Crippen molar-refractivity contribution in [3.8, 4) is 0 Å². The molecule has 0 spiro atoms. The SMILES string of the molecule is CC(C)[C@@H]1C[C@](CC(=O)N2CCOCC2)(Cc2ccccc2Cl)CCO1. The van der Waals surface area contributed by atoms with E-state index in [2.05, 4.69) is 19.9 Å². The number of carbonyl (C=O) groups is 1. The number of rotatable bonds is 5. The average Bonchev–Trinajstić information content (AvgIpc) is 2.64. The Morgan fingerprint density at radius 2 is 2.00 bits per heavy atom. The van der Waals surface area contributed by atoms with Crippen LogP contribution in [0.15, 0.2) is 24.3 Å². The van der Waals surface area contributed by atoms with Gasteiger partial charge in [-0.1, -0.05) is 43.6 Å². The molecular weight excluding hydrogens is 350 g/mol. The summed E-state index contributed by atoms with van der Waals surface area (Å²) in [6.07, 6.45) is 3.40. The van der Waals surface area contributed by atoms with Crippen molar-refractivity contribution >= 4 is 17.5 Å². The highest BCUT2D eigenvalue weighted by molar-refractivity contribution is 6.31. The molecule has 144 valence electrons. The first-order valence-electron chi connectivity index (χ1n) is 9.70. The van der Waals surface area contributed by atoms with E-state index in [0.717, 1.165) is 29.8 Å². The lowest BCUT2D eigenvalue weighted by atomic mass is 9.69. The zero-order valence-corrected chi connectivity index (χ0v) is 16.6. The van der Waals surface area contributed by atoms with Gasteiger partial charge in [0.25, 0.3) is 0 Å². The van der Waals surface area contributed by atoms with E-state index in [4.69, 9.17) is 21.1 Å². The molecule has 1 aromatic rings. The summed E-state index contributed by atoms with van der Waals surface area (Å²) in [4.78, 5) is 15.0. The Morgan fingerprint density at radius 3 is 2.69 bits per heavy atom. The Kier molecular flexibility index (Phi) is 6.60. The van der Waals surface area contributed by atoms with Crippen LogP contribution >= 0.6 is 11.6 Å². The number of morpholine rings is 1. The second-order valence-corrected chi connectivity index (χ2v) is 8.45. The molecule has 2 atom stereocenters. The van der Waals surface area contributed by atoms with E-state index in [1.807, 2.05) is 23.1 Å². The Bertz CT molecular complexity index is 615. The lowest BCUT2D eigenvalue weighted by Crippen LogP contribution is -2.46. The van der Waals surface area contributed by atoms with E-state index in [0.29, 0.717) is 45.2 Å². The van der Waals surface area contributed by atoms with Crippen LogP contribution in [0.4, 0.5) is 0 Å². The summed E-state index contributed by atoms with van der Waals surface area (Å²) in [7, 11) is 0. The summed E-state index contributed by atoms with van der Waals surface area (Å²) in [5.74, 6) is 0.684. The number of carbonyl (C=O) groups excluding carboxylic acids is 1. The average molecular weight is 380 g/mol. The van der Waals surface area contributed by atoms with Crippen LogP contribution in [-0.2, 0) is 20.7 Å². The molecule has 4 nitrogen and oxygen atoms in total. The van der Waals surface area contributed by atoms with Gasteiger partial charge in [0.05, 0.1) is 19.3 Å². The summed E-state index contributed by atoms with van der Waals surface area (Å²) in [5, 5.41) is 0.790. The molecular formula is C21H30ClNO3. The van der Waals surface area contributed by atoms with Crippen LogP contribution in [0.3, 0.4) is 0 Å². The molecule has 0 saturated carbocycles. The van der Waals surface area contributed by atoms with Gasteiger partial charge in [0.15, 0.2) is 0 Å². The maximum absolute atomic E-state index is 13.0. The van der Waals surface area contributed by atoms with Gasteiger partial charge in [-0.2, -0.15) is 0 Å². The zero-order valence-electron chi connectivity index (χ0n) is 15.9. The Balaban J connectivity index is 1.81. The fraction of sp³-hybridized carbons (Fsp3) is 0.667. The van der Waals surface area contributed by atoms with Crippen LogP contribution in [0.1, 0.15) is 38.7 Å². The third-order valence-electron chi connectivity index (χ3n) is 5.76. The van der Waals surface area contributed by atoms with Gasteiger partial charge in [0.2, 0.25) is 5.91 Å². The third-order valence-corrected chi connectivity index (χ3v) is 6.12. The summed E-state index contributed by atoms with van der Waals surface area (Å²) < 4.78 is 11.4. The Hall–Kier alpha value is -1.10. The number of hydrogen-bond acceptors (Lipinski definition) is 3. The fourth-order valence-corrected chi connectivity index (χ4v) is 4.32. The lowest BCUT2D eigenvalue weighted by Gasteiger charge is -2.43. The molecule has 2 fully saturated rings. The Labute approximate surface area is 161 Å². The van der Waals surface area contributed by atoms with Crippen molar-refractivity contribution in [2.75, 3.05) is 32.9 Å². The van der Waals surface area contributed by atoms with Gasteiger partial charge in [-0.3, -0.25) is 4.79 Å². The molecule has 0 bridgehead atoms. The molecule has 0 unspecified atom stereocenters. The van der Waals surface area contributed by atoms with E-state index in [1.165, 1.54) is 0 Å². The monoisotopic (exact) mass is 379 g/mol. The summed E-state index contributed by atoms with van der Waals surface area (Å²) in [5.41, 5.74) is 1.04. The van der Waals surface area contributed by atoms with Gasteiger partial charge in [-0.25, -0.2) is 0 Å². The molecule has 1 amide bonds. The van der Waals surface area contributed by atoms with Gasteiger partial charge >= 0.3 is 0 Å². The van der Waals surface area contributed by atoms with Crippen LogP contribution in [0.5, 0.6) is 0 Å². The first-order chi connectivity index (χ1) is 12.5. The lowest BCUT2D eigenvalue weighted by molar-refractivity contribution is -0.142. The number of hydrogen-bond donors (Lipinski definition) is 0. The van der Waals surface area contributed by atoms with E-state index >= 15 is 0 Å².